The van der Waals surface area contributed by atoms with E-state index in [2.05, 4.69) is 13.8 Å². The second-order valence-electron chi connectivity index (χ2n) is 9.41. The minimum absolute atomic E-state index is 0.123. The molecule has 0 amide bonds. The van der Waals surface area contributed by atoms with E-state index in [1.54, 1.807) is 26.8 Å². The smallest absolute Gasteiger partial charge is 0.331 e. The summed E-state index contributed by atoms with van der Waals surface area (Å²) in [4.78, 5) is 11.7. The van der Waals surface area contributed by atoms with Crippen molar-refractivity contribution in [1.29, 1.82) is 0 Å². The zero-order chi connectivity index (χ0) is 19.5. The zero-order valence-electron chi connectivity index (χ0n) is 16.5. The lowest BCUT2D eigenvalue weighted by molar-refractivity contribution is -0.143. The first-order chi connectivity index (χ1) is 11.8. The Balaban J connectivity index is 1.85. The van der Waals surface area contributed by atoms with Crippen LogP contribution in [0, 0.1) is 17.3 Å². The molecule has 5 nitrogen and oxygen atoms in total. The highest BCUT2D eigenvalue weighted by Gasteiger charge is 2.63. The molecule has 1 heterocycles. The minimum Gasteiger partial charge on any atom is -0.455 e. The summed E-state index contributed by atoms with van der Waals surface area (Å²) in [6.45, 7) is 8.98. The number of carbonyl (C=O) groups excluding carboxylic acids is 1. The van der Waals surface area contributed by atoms with Crippen molar-refractivity contribution in [3.8, 4) is 0 Å². The average molecular weight is 364 g/mol. The molecule has 6 atom stereocenters. The van der Waals surface area contributed by atoms with Crippen LogP contribution in [-0.4, -0.2) is 44.2 Å². The van der Waals surface area contributed by atoms with Gasteiger partial charge in [0.1, 0.15) is 11.7 Å². The molecular weight excluding hydrogens is 332 g/mol. The van der Waals surface area contributed by atoms with E-state index in [0.29, 0.717) is 6.42 Å². The molecule has 3 rings (SSSR count). The highest BCUT2D eigenvalue weighted by molar-refractivity contribution is 5.86. The van der Waals surface area contributed by atoms with Crippen LogP contribution in [0.25, 0.3) is 0 Å². The lowest BCUT2D eigenvalue weighted by Gasteiger charge is -2.50. The molecule has 26 heavy (non-hydrogen) atoms. The van der Waals surface area contributed by atoms with Crippen molar-refractivity contribution in [1.82, 2.24) is 0 Å². The van der Waals surface area contributed by atoms with Gasteiger partial charge in [0.05, 0.1) is 11.2 Å². The van der Waals surface area contributed by atoms with Crippen LogP contribution in [0.3, 0.4) is 0 Å². The van der Waals surface area contributed by atoms with Crippen molar-refractivity contribution >= 4 is 5.97 Å². The number of rotatable bonds is 4. The molecule has 0 saturated heterocycles. The van der Waals surface area contributed by atoms with Crippen LogP contribution < -0.4 is 0 Å². The Morgan fingerprint density at radius 3 is 2.54 bits per heavy atom. The van der Waals surface area contributed by atoms with Gasteiger partial charge in [0.25, 0.3) is 0 Å². The summed E-state index contributed by atoms with van der Waals surface area (Å²) in [5, 5.41) is 32.1. The third-order valence-electron chi connectivity index (χ3n) is 7.46. The van der Waals surface area contributed by atoms with Gasteiger partial charge in [0.15, 0.2) is 0 Å². The maximum Gasteiger partial charge on any atom is 0.331 e. The minimum atomic E-state index is -1.33. The van der Waals surface area contributed by atoms with E-state index in [1.165, 1.54) is 6.08 Å². The Kier molecular flexibility index (Phi) is 4.45. The molecule has 2 aliphatic carbocycles. The summed E-state index contributed by atoms with van der Waals surface area (Å²) in [5.41, 5.74) is -3.17. The monoisotopic (exact) mass is 364 g/mol. The van der Waals surface area contributed by atoms with Crippen molar-refractivity contribution in [3.63, 3.8) is 0 Å². The summed E-state index contributed by atoms with van der Waals surface area (Å²) in [6, 6.07) is 0. The van der Waals surface area contributed by atoms with Crippen molar-refractivity contribution in [3.05, 3.63) is 23.8 Å². The molecule has 0 radical (unpaired) electrons. The van der Waals surface area contributed by atoms with Gasteiger partial charge in [0, 0.05) is 17.1 Å². The van der Waals surface area contributed by atoms with Crippen LogP contribution in [0.2, 0.25) is 0 Å². The molecule has 1 aliphatic heterocycles. The number of allylic oxidation sites excluding steroid dienone is 1. The molecule has 0 aromatic carbocycles. The highest BCUT2D eigenvalue weighted by atomic mass is 16.5. The first-order valence-electron chi connectivity index (χ1n) is 9.61. The number of hydrogen-bond acceptors (Lipinski definition) is 5. The van der Waals surface area contributed by atoms with Gasteiger partial charge in [-0.25, -0.2) is 4.79 Å². The summed E-state index contributed by atoms with van der Waals surface area (Å²) in [7, 11) is 0. The first kappa shape index (κ1) is 19.6. The number of carbonyl (C=O) groups is 1. The molecule has 6 unspecified atom stereocenters. The van der Waals surface area contributed by atoms with Gasteiger partial charge in [-0.05, 0) is 58.3 Å². The van der Waals surface area contributed by atoms with Crippen LogP contribution >= 0.6 is 0 Å². The van der Waals surface area contributed by atoms with Gasteiger partial charge in [0.2, 0.25) is 0 Å². The molecule has 0 bridgehead atoms. The van der Waals surface area contributed by atoms with Crippen LogP contribution in [0.1, 0.15) is 60.3 Å². The van der Waals surface area contributed by atoms with Crippen LogP contribution in [0.15, 0.2) is 23.8 Å². The maximum atomic E-state index is 11.7. The fraction of sp³-hybridized carbons (Fsp3) is 0.762. The predicted molar refractivity (Wildman–Crippen MR) is 98.2 cm³/mol. The van der Waals surface area contributed by atoms with Gasteiger partial charge >= 0.3 is 5.97 Å². The predicted octanol–water partition coefficient (Wildman–Crippen LogP) is 2.49. The van der Waals surface area contributed by atoms with E-state index in [4.69, 9.17) is 4.74 Å². The Morgan fingerprint density at radius 2 is 1.92 bits per heavy atom. The largest absolute Gasteiger partial charge is 0.455 e. The van der Waals surface area contributed by atoms with Crippen LogP contribution in [-0.2, 0) is 9.53 Å². The Bertz CT molecular complexity index is 656. The van der Waals surface area contributed by atoms with E-state index < -0.39 is 16.8 Å². The van der Waals surface area contributed by atoms with Gasteiger partial charge < -0.3 is 20.1 Å². The molecule has 146 valence electrons. The van der Waals surface area contributed by atoms with Gasteiger partial charge in [-0.15, -0.1) is 0 Å². The van der Waals surface area contributed by atoms with Gasteiger partial charge in [-0.2, -0.15) is 0 Å². The highest BCUT2D eigenvalue weighted by Crippen LogP contribution is 2.62. The SMILES string of the molecule is CC(C=CC(C)(O)C(C)(C)O)C1CCC2(O)C3=CC(=O)OC3CCC12C. The van der Waals surface area contributed by atoms with Crippen molar-refractivity contribution in [2.24, 2.45) is 17.3 Å². The fourth-order valence-electron chi connectivity index (χ4n) is 5.15. The number of hydrogen-bond donors (Lipinski definition) is 3. The maximum absolute atomic E-state index is 11.7. The first-order valence-corrected chi connectivity index (χ1v) is 9.61. The van der Waals surface area contributed by atoms with E-state index >= 15 is 0 Å². The average Bonchev–Trinajstić information content (AvgIpc) is 3.02. The second-order valence-corrected chi connectivity index (χ2v) is 9.41. The van der Waals surface area contributed by atoms with E-state index in [1.807, 2.05) is 6.08 Å². The van der Waals surface area contributed by atoms with Gasteiger partial charge in [-0.3, -0.25) is 0 Å². The number of esters is 1. The molecule has 2 fully saturated rings. The quantitative estimate of drug-likeness (QED) is 0.527. The molecule has 2 saturated carbocycles. The van der Waals surface area contributed by atoms with E-state index in [-0.39, 0.29) is 29.3 Å². The standard InChI is InChI=1S/C21H32O5/c1-13(6-10-20(5,24)18(2,3)23)14-7-11-21(25)15-12-17(22)26-16(15)8-9-19(14,21)4/h6,10,12-14,16,23-25H,7-9,11H2,1-5H3. The fourth-order valence-corrected chi connectivity index (χ4v) is 5.15. The normalized spacial score (nSPS) is 40.6. The van der Waals surface area contributed by atoms with Crippen molar-refractivity contribution in [2.45, 2.75) is 83.2 Å². The number of aliphatic hydroxyl groups is 3. The van der Waals surface area contributed by atoms with Crippen molar-refractivity contribution in [2.75, 3.05) is 0 Å². The van der Waals surface area contributed by atoms with Crippen LogP contribution in [0.4, 0.5) is 0 Å². The van der Waals surface area contributed by atoms with E-state index in [9.17, 15) is 20.1 Å². The molecule has 5 heteroatoms. The lowest BCUT2D eigenvalue weighted by Crippen LogP contribution is -2.53. The molecule has 3 aliphatic rings. The summed E-state index contributed by atoms with van der Waals surface area (Å²) in [6.07, 6.45) is 7.84. The molecule has 0 aromatic heterocycles. The topological polar surface area (TPSA) is 87.0 Å². The Morgan fingerprint density at radius 1 is 1.27 bits per heavy atom. The van der Waals surface area contributed by atoms with E-state index in [0.717, 1.165) is 24.8 Å². The summed E-state index contributed by atoms with van der Waals surface area (Å²) >= 11 is 0. The summed E-state index contributed by atoms with van der Waals surface area (Å²) < 4.78 is 5.34. The third-order valence-corrected chi connectivity index (χ3v) is 7.46. The number of ether oxygens (including phenoxy) is 1. The second kappa shape index (κ2) is 5.91. The third kappa shape index (κ3) is 2.76. The lowest BCUT2D eigenvalue weighted by atomic mass is 9.58. The number of fused-ring (bicyclic) bond motifs is 3. The van der Waals surface area contributed by atoms with Gasteiger partial charge in [-0.1, -0.05) is 26.0 Å². The zero-order valence-corrected chi connectivity index (χ0v) is 16.5. The molecule has 3 N–H and O–H groups in total. The molecular formula is C21H32O5. The Labute approximate surface area is 155 Å². The Hall–Kier alpha value is -1.17. The summed E-state index contributed by atoms with van der Waals surface area (Å²) in [5.74, 6) is -0.00257. The molecule has 0 aromatic rings. The van der Waals surface area contributed by atoms with Crippen LogP contribution in [0.5, 0.6) is 0 Å². The molecule has 0 spiro atoms. The van der Waals surface area contributed by atoms with Crippen molar-refractivity contribution < 1.29 is 24.9 Å².